The van der Waals surface area contributed by atoms with E-state index in [0.29, 0.717) is 0 Å². The van der Waals surface area contributed by atoms with Crippen LogP contribution in [0.2, 0.25) is 0 Å². The second-order valence-corrected chi connectivity index (χ2v) is 2.96. The molecular weight excluding hydrogens is 132 g/mol. The van der Waals surface area contributed by atoms with Gasteiger partial charge in [-0.2, -0.15) is 0 Å². The third-order valence-electron chi connectivity index (χ3n) is 2.17. The summed E-state index contributed by atoms with van der Waals surface area (Å²) in [5.74, 6) is 0. The Labute approximate surface area is 69.3 Å². The smallest absolute Gasteiger partial charge is 0.0276 e. The van der Waals surface area contributed by atoms with Crippen molar-refractivity contribution in [2.45, 2.75) is 32.6 Å². The van der Waals surface area contributed by atoms with Crippen LogP contribution >= 0.6 is 0 Å². The first-order chi connectivity index (χ1) is 5.38. The zero-order valence-electron chi connectivity index (χ0n) is 7.27. The molecular formula is C11H16. The summed E-state index contributed by atoms with van der Waals surface area (Å²) in [6.07, 6.45) is 11.5. The summed E-state index contributed by atoms with van der Waals surface area (Å²) < 4.78 is 0. The topological polar surface area (TPSA) is 0 Å². The van der Waals surface area contributed by atoms with Gasteiger partial charge in [-0.1, -0.05) is 24.8 Å². The van der Waals surface area contributed by atoms with Crippen LogP contribution in [0.1, 0.15) is 32.6 Å². The van der Waals surface area contributed by atoms with Gasteiger partial charge in [0.15, 0.2) is 0 Å². The van der Waals surface area contributed by atoms with E-state index in [4.69, 9.17) is 0 Å². The van der Waals surface area contributed by atoms with E-state index in [9.17, 15) is 0 Å². The van der Waals surface area contributed by atoms with E-state index in [1.807, 2.05) is 6.08 Å². The molecule has 0 aromatic rings. The maximum absolute atomic E-state index is 3.83. The van der Waals surface area contributed by atoms with Crippen molar-refractivity contribution in [3.8, 4) is 0 Å². The summed E-state index contributed by atoms with van der Waals surface area (Å²) in [5.41, 5.74) is 2.95. The number of hydrogen-bond acceptors (Lipinski definition) is 0. The Hall–Kier alpha value is -0.780. The van der Waals surface area contributed by atoms with E-state index < -0.39 is 0 Å². The Morgan fingerprint density at radius 3 is 2.36 bits per heavy atom. The monoisotopic (exact) mass is 148 g/mol. The molecule has 0 nitrogen and oxygen atoms in total. The zero-order chi connectivity index (χ0) is 8.10. The molecule has 0 N–H and O–H groups in total. The highest BCUT2D eigenvalue weighted by molar-refractivity contribution is 5.33. The average Bonchev–Trinajstić information content (AvgIpc) is 2.06. The second kappa shape index (κ2) is 4.17. The lowest BCUT2D eigenvalue weighted by Gasteiger charge is -2.14. The van der Waals surface area contributed by atoms with Crippen LogP contribution in [0.5, 0.6) is 0 Å². The molecule has 0 atom stereocenters. The van der Waals surface area contributed by atoms with Crippen molar-refractivity contribution >= 4 is 0 Å². The van der Waals surface area contributed by atoms with Gasteiger partial charge in [0.2, 0.25) is 0 Å². The van der Waals surface area contributed by atoms with E-state index in [0.717, 1.165) is 0 Å². The fourth-order valence-electron chi connectivity index (χ4n) is 1.58. The second-order valence-electron chi connectivity index (χ2n) is 2.96. The van der Waals surface area contributed by atoms with E-state index in [1.54, 1.807) is 0 Å². The van der Waals surface area contributed by atoms with Crippen LogP contribution in [0.25, 0.3) is 0 Å². The van der Waals surface area contributed by atoms with Crippen molar-refractivity contribution in [1.82, 2.24) is 0 Å². The molecule has 0 saturated carbocycles. The number of rotatable bonds is 2. The number of hydrogen-bond donors (Lipinski definition) is 0. The molecule has 0 fully saturated rings. The quantitative estimate of drug-likeness (QED) is 0.561. The molecule has 0 amide bonds. The fourth-order valence-corrected chi connectivity index (χ4v) is 1.58. The van der Waals surface area contributed by atoms with Crippen molar-refractivity contribution in [1.29, 1.82) is 0 Å². The SMILES string of the molecule is C=CC1=C(/C=C\C)CCCC1. The maximum Gasteiger partial charge on any atom is -0.0276 e. The van der Waals surface area contributed by atoms with Crippen molar-refractivity contribution in [2.24, 2.45) is 0 Å². The Kier molecular flexibility index (Phi) is 3.15. The average molecular weight is 148 g/mol. The van der Waals surface area contributed by atoms with Crippen LogP contribution in [0.3, 0.4) is 0 Å². The summed E-state index contributed by atoms with van der Waals surface area (Å²) >= 11 is 0. The van der Waals surface area contributed by atoms with Crippen LogP contribution in [0.4, 0.5) is 0 Å². The zero-order valence-corrected chi connectivity index (χ0v) is 7.27. The minimum absolute atomic E-state index is 1.23. The Morgan fingerprint density at radius 2 is 1.82 bits per heavy atom. The van der Waals surface area contributed by atoms with Gasteiger partial charge in [0.25, 0.3) is 0 Å². The van der Waals surface area contributed by atoms with Crippen molar-refractivity contribution in [3.05, 3.63) is 36.0 Å². The predicted octanol–water partition coefficient (Wildman–Crippen LogP) is 3.62. The molecule has 0 aliphatic heterocycles. The lowest BCUT2D eigenvalue weighted by atomic mass is 9.91. The molecule has 1 aliphatic rings. The Bertz CT molecular complexity index is 194. The first-order valence-corrected chi connectivity index (χ1v) is 4.35. The van der Waals surface area contributed by atoms with E-state index in [1.165, 1.54) is 36.8 Å². The Morgan fingerprint density at radius 1 is 1.18 bits per heavy atom. The Balaban J connectivity index is 2.81. The molecule has 0 heteroatoms. The van der Waals surface area contributed by atoms with Gasteiger partial charge in [0, 0.05) is 0 Å². The molecule has 0 radical (unpaired) electrons. The highest BCUT2D eigenvalue weighted by Crippen LogP contribution is 2.25. The third kappa shape index (κ3) is 2.07. The molecule has 0 aromatic heterocycles. The van der Waals surface area contributed by atoms with Crippen molar-refractivity contribution in [3.63, 3.8) is 0 Å². The molecule has 1 rings (SSSR count). The normalized spacial score (nSPS) is 19.4. The van der Waals surface area contributed by atoms with Gasteiger partial charge < -0.3 is 0 Å². The van der Waals surface area contributed by atoms with Crippen LogP contribution in [0.15, 0.2) is 36.0 Å². The lowest BCUT2D eigenvalue weighted by Crippen LogP contribution is -1.95. The van der Waals surface area contributed by atoms with Gasteiger partial charge in [-0.15, -0.1) is 0 Å². The highest BCUT2D eigenvalue weighted by atomic mass is 14.1. The standard InChI is InChI=1S/C11H16/c1-3-7-11-9-6-5-8-10(11)4-2/h3-4,7H,2,5-6,8-9H2,1H3/b7-3-. The summed E-state index contributed by atoms with van der Waals surface area (Å²) in [6.45, 7) is 5.90. The minimum atomic E-state index is 1.23. The molecule has 1 aliphatic carbocycles. The summed E-state index contributed by atoms with van der Waals surface area (Å²) in [7, 11) is 0. The fraction of sp³-hybridized carbons (Fsp3) is 0.455. The summed E-state index contributed by atoms with van der Waals surface area (Å²) in [4.78, 5) is 0. The molecule has 0 spiro atoms. The maximum atomic E-state index is 3.83. The largest absolute Gasteiger partial charge is 0.0988 e. The summed E-state index contributed by atoms with van der Waals surface area (Å²) in [6, 6.07) is 0. The van der Waals surface area contributed by atoms with Crippen LogP contribution < -0.4 is 0 Å². The van der Waals surface area contributed by atoms with Gasteiger partial charge in [-0.3, -0.25) is 0 Å². The van der Waals surface area contributed by atoms with Gasteiger partial charge >= 0.3 is 0 Å². The molecule has 0 saturated heterocycles. The minimum Gasteiger partial charge on any atom is -0.0988 e. The molecule has 0 heterocycles. The third-order valence-corrected chi connectivity index (χ3v) is 2.17. The summed E-state index contributed by atoms with van der Waals surface area (Å²) in [5, 5.41) is 0. The first-order valence-electron chi connectivity index (χ1n) is 4.35. The molecule has 0 aromatic carbocycles. The number of allylic oxidation sites excluding steroid dienone is 5. The van der Waals surface area contributed by atoms with Gasteiger partial charge in [-0.05, 0) is 43.8 Å². The van der Waals surface area contributed by atoms with Crippen LogP contribution in [-0.4, -0.2) is 0 Å². The van der Waals surface area contributed by atoms with E-state index >= 15 is 0 Å². The van der Waals surface area contributed by atoms with Gasteiger partial charge in [-0.25, -0.2) is 0 Å². The molecule has 0 unspecified atom stereocenters. The van der Waals surface area contributed by atoms with E-state index in [2.05, 4.69) is 25.7 Å². The molecule has 11 heavy (non-hydrogen) atoms. The molecule has 0 bridgehead atoms. The lowest BCUT2D eigenvalue weighted by molar-refractivity contribution is 0.693. The van der Waals surface area contributed by atoms with Gasteiger partial charge in [0.1, 0.15) is 0 Å². The highest BCUT2D eigenvalue weighted by Gasteiger charge is 2.06. The van der Waals surface area contributed by atoms with Crippen molar-refractivity contribution < 1.29 is 0 Å². The predicted molar refractivity (Wildman–Crippen MR) is 50.5 cm³/mol. The van der Waals surface area contributed by atoms with Gasteiger partial charge in [0.05, 0.1) is 0 Å². The molecule has 60 valence electrons. The van der Waals surface area contributed by atoms with Crippen LogP contribution in [0, 0.1) is 0 Å². The van der Waals surface area contributed by atoms with Crippen LogP contribution in [-0.2, 0) is 0 Å². The van der Waals surface area contributed by atoms with E-state index in [-0.39, 0.29) is 0 Å². The first kappa shape index (κ1) is 8.32. The van der Waals surface area contributed by atoms with Crippen molar-refractivity contribution in [2.75, 3.05) is 0 Å².